The van der Waals surface area contributed by atoms with Crippen LogP contribution in [0.4, 0.5) is 0 Å². The molecular formula is C36H46N4O2. The van der Waals surface area contributed by atoms with E-state index in [9.17, 15) is 10.3 Å². The minimum atomic E-state index is -1.05. The highest BCUT2D eigenvalue weighted by Gasteiger charge is 2.59. The molecule has 5 atom stereocenters. The monoisotopic (exact) mass is 566 g/mol. The standard InChI is InChI=1S/C36H46N4O2/c41-36-20-12-6-2-4-8-14-22-39-23-18-30(35(26-39)19-11-5-1-3-7-13-21-37-34(35)36)29(25-36)33-32-28(17-24-40(33)42)27-15-9-10-16-31(27)38-32/h1-2,5-6,9-10,15-17,24-25,30,34,37,41-42H,3-4,7-8,11-14,18-23,26H2/b5-1-,6-2-/t30?,34?,35-,36-/m0/s1. The van der Waals surface area contributed by atoms with Gasteiger partial charge in [0.1, 0.15) is 5.69 Å². The molecule has 3 bridgehead atoms. The first-order valence-corrected chi connectivity index (χ1v) is 16.4. The zero-order chi connectivity index (χ0) is 28.6. The number of allylic oxidation sites excluding steroid dienone is 5. The molecule has 1 saturated heterocycles. The van der Waals surface area contributed by atoms with Gasteiger partial charge in [-0.2, -0.15) is 4.73 Å². The SMILES string of the molecule is On1ccc2c3ccccc3nc-2c1C1=C[C@@]2(O)CC/C=C\CCCCN3CCC1[C@]1(CC/C=C\CCCCNC12)C3. The summed E-state index contributed by atoms with van der Waals surface area (Å²) in [7, 11) is 0. The molecule has 5 aliphatic heterocycles. The first kappa shape index (κ1) is 27.9. The molecule has 0 aromatic heterocycles. The fourth-order valence-corrected chi connectivity index (χ4v) is 8.75. The van der Waals surface area contributed by atoms with Crippen molar-refractivity contribution in [1.29, 1.82) is 0 Å². The molecule has 3 N–H and O–H groups in total. The van der Waals surface area contributed by atoms with Crippen LogP contribution in [-0.4, -0.2) is 62.7 Å². The predicted molar refractivity (Wildman–Crippen MR) is 170 cm³/mol. The van der Waals surface area contributed by atoms with Crippen molar-refractivity contribution in [2.75, 3.05) is 26.2 Å². The summed E-state index contributed by atoms with van der Waals surface area (Å²) in [6.45, 7) is 4.03. The van der Waals surface area contributed by atoms with Crippen molar-refractivity contribution < 1.29 is 10.3 Å². The summed E-state index contributed by atoms with van der Waals surface area (Å²) in [4.78, 5) is 7.77. The number of aromatic nitrogens is 2. The molecule has 1 spiro atoms. The molecule has 0 radical (unpaired) electrons. The van der Waals surface area contributed by atoms with E-state index in [-0.39, 0.29) is 17.4 Å². The number of pyridine rings is 1. The Hall–Kier alpha value is -2.93. The maximum atomic E-state index is 12.9. The van der Waals surface area contributed by atoms with Crippen molar-refractivity contribution >= 4 is 16.5 Å². The lowest BCUT2D eigenvalue weighted by atomic mass is 9.53. The van der Waals surface area contributed by atoms with Gasteiger partial charge in [-0.1, -0.05) is 42.5 Å². The number of hydrogen-bond donors (Lipinski definition) is 3. The molecule has 6 heteroatoms. The van der Waals surface area contributed by atoms with E-state index in [1.54, 1.807) is 6.20 Å². The van der Waals surface area contributed by atoms with Crippen LogP contribution < -0.4 is 5.32 Å². The summed E-state index contributed by atoms with van der Waals surface area (Å²) in [6, 6.07) is 10.2. The average molecular weight is 567 g/mol. The molecular weight excluding hydrogens is 520 g/mol. The predicted octanol–water partition coefficient (Wildman–Crippen LogP) is 6.81. The number of rotatable bonds is 1. The lowest BCUT2D eigenvalue weighted by Gasteiger charge is -2.60. The lowest BCUT2D eigenvalue weighted by Crippen LogP contribution is -2.68. The molecule has 6 aliphatic rings. The highest BCUT2D eigenvalue weighted by atomic mass is 16.5. The Morgan fingerprint density at radius 2 is 1.67 bits per heavy atom. The Bertz CT molecular complexity index is 1470. The van der Waals surface area contributed by atoms with Crippen LogP contribution in [0.2, 0.25) is 0 Å². The van der Waals surface area contributed by atoms with E-state index < -0.39 is 5.60 Å². The molecule has 0 saturated carbocycles. The highest BCUT2D eigenvalue weighted by molar-refractivity contribution is 6.00. The smallest absolute Gasteiger partial charge is 0.109 e. The Morgan fingerprint density at radius 1 is 0.881 bits per heavy atom. The first-order valence-electron chi connectivity index (χ1n) is 16.4. The van der Waals surface area contributed by atoms with Crippen LogP contribution in [0, 0.1) is 11.3 Å². The third-order valence-electron chi connectivity index (χ3n) is 10.7. The van der Waals surface area contributed by atoms with Crippen molar-refractivity contribution in [1.82, 2.24) is 19.9 Å². The number of fused-ring (bicyclic) bond motifs is 4. The van der Waals surface area contributed by atoms with E-state index in [0.717, 1.165) is 105 Å². The first-order chi connectivity index (χ1) is 20.6. The molecule has 1 fully saturated rings. The third-order valence-corrected chi connectivity index (χ3v) is 10.7. The molecule has 1 aromatic carbocycles. The van der Waals surface area contributed by atoms with Crippen LogP contribution in [0.5, 0.6) is 0 Å². The zero-order valence-corrected chi connectivity index (χ0v) is 24.8. The Morgan fingerprint density at radius 3 is 2.55 bits per heavy atom. The van der Waals surface area contributed by atoms with Gasteiger partial charge >= 0.3 is 0 Å². The van der Waals surface area contributed by atoms with Gasteiger partial charge in [0.15, 0.2) is 0 Å². The van der Waals surface area contributed by atoms with Crippen LogP contribution in [-0.2, 0) is 0 Å². The van der Waals surface area contributed by atoms with Gasteiger partial charge in [-0.3, -0.25) is 0 Å². The normalized spacial score (nSPS) is 34.3. The number of nitrogens with one attached hydrogen (secondary N) is 1. The van der Waals surface area contributed by atoms with Crippen molar-refractivity contribution in [3.05, 3.63) is 72.6 Å². The average Bonchev–Trinajstić information content (AvgIpc) is 3.34. The molecule has 0 amide bonds. The summed E-state index contributed by atoms with van der Waals surface area (Å²) < 4.78 is 1.29. The number of piperidine rings is 1. The van der Waals surface area contributed by atoms with Gasteiger partial charge in [-0.15, -0.1) is 0 Å². The van der Waals surface area contributed by atoms with Gasteiger partial charge in [-0.25, -0.2) is 4.98 Å². The number of aliphatic hydroxyl groups is 1. The molecule has 7 rings (SSSR count). The number of hydrogen-bond acceptors (Lipinski definition) is 5. The van der Waals surface area contributed by atoms with Crippen molar-refractivity contribution in [3.8, 4) is 11.3 Å². The largest absolute Gasteiger partial charge is 0.428 e. The number of nitrogens with zero attached hydrogens (tertiary/aromatic N) is 3. The van der Waals surface area contributed by atoms with E-state index in [2.05, 4.69) is 58.8 Å². The second kappa shape index (κ2) is 11.6. The summed E-state index contributed by atoms with van der Waals surface area (Å²) in [5, 5.41) is 29.6. The number of benzene rings is 1. The Labute approximate surface area is 250 Å². The minimum Gasteiger partial charge on any atom is -0.428 e. The fourth-order valence-electron chi connectivity index (χ4n) is 8.75. The topological polar surface area (TPSA) is 73.5 Å². The van der Waals surface area contributed by atoms with E-state index in [4.69, 9.17) is 4.98 Å². The van der Waals surface area contributed by atoms with Crippen molar-refractivity contribution in [2.45, 2.75) is 82.3 Å². The summed E-state index contributed by atoms with van der Waals surface area (Å²) in [5.41, 5.74) is 3.43. The molecule has 3 unspecified atom stereocenters. The van der Waals surface area contributed by atoms with Gasteiger partial charge in [0.25, 0.3) is 0 Å². The van der Waals surface area contributed by atoms with Crippen molar-refractivity contribution in [3.63, 3.8) is 0 Å². The van der Waals surface area contributed by atoms with Gasteiger partial charge in [-0.05, 0) is 120 Å². The van der Waals surface area contributed by atoms with Gasteiger partial charge in [0.2, 0.25) is 0 Å². The second-order valence-corrected chi connectivity index (χ2v) is 13.2. The van der Waals surface area contributed by atoms with E-state index in [1.165, 1.54) is 24.0 Å². The maximum Gasteiger partial charge on any atom is 0.109 e. The molecule has 6 nitrogen and oxygen atoms in total. The lowest BCUT2D eigenvalue weighted by molar-refractivity contribution is -0.0801. The fraction of sp³-hybridized carbons (Fsp3) is 0.528. The van der Waals surface area contributed by atoms with Crippen LogP contribution in [0.25, 0.3) is 27.7 Å². The van der Waals surface area contributed by atoms with Crippen LogP contribution >= 0.6 is 0 Å². The summed E-state index contributed by atoms with van der Waals surface area (Å²) >= 11 is 0. The van der Waals surface area contributed by atoms with Gasteiger partial charge < -0.3 is 20.5 Å². The van der Waals surface area contributed by atoms with E-state index in [1.807, 2.05) is 12.1 Å². The second-order valence-electron chi connectivity index (χ2n) is 13.2. The Kier molecular flexibility index (Phi) is 7.72. The number of para-hydroxylation sites is 1. The summed E-state index contributed by atoms with van der Waals surface area (Å²) in [6.07, 6.45) is 24.7. The molecule has 222 valence electrons. The van der Waals surface area contributed by atoms with E-state index >= 15 is 0 Å². The van der Waals surface area contributed by atoms with Gasteiger partial charge in [0, 0.05) is 35.1 Å². The Balaban J connectivity index is 1.45. The third kappa shape index (κ3) is 4.91. The maximum absolute atomic E-state index is 12.9. The minimum absolute atomic E-state index is 0.0553. The van der Waals surface area contributed by atoms with Crippen LogP contribution in [0.3, 0.4) is 0 Å². The van der Waals surface area contributed by atoms with Crippen LogP contribution in [0.1, 0.15) is 76.3 Å². The van der Waals surface area contributed by atoms with Crippen molar-refractivity contribution in [2.24, 2.45) is 11.3 Å². The molecule has 1 aliphatic carbocycles. The molecule has 5 heterocycles. The highest BCUT2D eigenvalue weighted by Crippen LogP contribution is 2.57. The van der Waals surface area contributed by atoms with E-state index in [0.29, 0.717) is 6.42 Å². The molecule has 42 heavy (non-hydrogen) atoms. The quantitative estimate of drug-likeness (QED) is 0.223. The van der Waals surface area contributed by atoms with Crippen LogP contribution in [0.15, 0.2) is 66.9 Å². The zero-order valence-electron chi connectivity index (χ0n) is 24.8. The van der Waals surface area contributed by atoms with Gasteiger partial charge in [0.05, 0.1) is 16.8 Å². The summed E-state index contributed by atoms with van der Waals surface area (Å²) in [5.74, 6) is 0.199. The molecule has 1 aromatic rings.